The molecule has 0 radical (unpaired) electrons. The summed E-state index contributed by atoms with van der Waals surface area (Å²) in [7, 11) is -0.970. The van der Waals surface area contributed by atoms with Crippen LogP contribution in [0.3, 0.4) is 0 Å². The Morgan fingerprint density at radius 3 is 2.54 bits per heavy atom. The van der Waals surface area contributed by atoms with E-state index in [0.717, 1.165) is 21.8 Å². The topological polar surface area (TPSA) is 46.9 Å². The van der Waals surface area contributed by atoms with E-state index in [1.165, 1.54) is 6.07 Å². The Morgan fingerprint density at radius 2 is 1.88 bits per heavy atom. The predicted molar refractivity (Wildman–Crippen MR) is 94.4 cm³/mol. The van der Waals surface area contributed by atoms with Gasteiger partial charge in [0.1, 0.15) is 11.5 Å². The van der Waals surface area contributed by atoms with Crippen LogP contribution in [-0.4, -0.2) is 20.2 Å². The summed E-state index contributed by atoms with van der Waals surface area (Å²) in [5.74, 6) is -0.307. The number of nitrogens with one attached hydrogen (secondary N) is 1. The lowest BCUT2D eigenvalue weighted by molar-refractivity contribution is 0.608. The predicted octanol–water partition coefficient (Wildman–Crippen LogP) is 3.67. The highest BCUT2D eigenvalue weighted by molar-refractivity contribution is 7.84. The highest BCUT2D eigenvalue weighted by atomic mass is 32.2. The third-order valence-electron chi connectivity index (χ3n) is 3.83. The molecule has 0 amide bonds. The summed E-state index contributed by atoms with van der Waals surface area (Å²) in [4.78, 5) is 0.808. The first-order valence-electron chi connectivity index (χ1n) is 7.52. The van der Waals surface area contributed by atoms with Gasteiger partial charge in [0.05, 0.1) is 17.6 Å². The SMILES string of the molecule is Cc1c(NCc2ccc([S@](C)=O)cc2)cnn1-c1ccccc1F. The van der Waals surface area contributed by atoms with Gasteiger partial charge < -0.3 is 5.32 Å². The zero-order valence-electron chi connectivity index (χ0n) is 13.5. The fourth-order valence-electron chi connectivity index (χ4n) is 2.45. The maximum absolute atomic E-state index is 13.9. The first kappa shape index (κ1) is 16.4. The number of nitrogens with zero attached hydrogens (tertiary/aromatic N) is 2. The Hall–Kier alpha value is -2.47. The summed E-state index contributed by atoms with van der Waals surface area (Å²) in [5.41, 5.74) is 3.19. The Kier molecular flexibility index (Phi) is 4.76. The van der Waals surface area contributed by atoms with Crippen molar-refractivity contribution in [3.05, 3.63) is 71.8 Å². The zero-order chi connectivity index (χ0) is 17.1. The van der Waals surface area contributed by atoms with Crippen LogP contribution in [-0.2, 0) is 17.3 Å². The molecule has 1 aromatic heterocycles. The molecule has 24 heavy (non-hydrogen) atoms. The standard InChI is InChI=1S/C18H18FN3OS/c1-13-17(12-21-22(13)18-6-4-3-5-16(18)19)20-11-14-7-9-15(10-8-14)24(2)23/h3-10,12,20H,11H2,1-2H3/t24-/m0/s1. The summed E-state index contributed by atoms with van der Waals surface area (Å²) >= 11 is 0. The smallest absolute Gasteiger partial charge is 0.148 e. The van der Waals surface area contributed by atoms with Gasteiger partial charge in [-0.05, 0) is 36.8 Å². The van der Waals surface area contributed by atoms with E-state index in [0.29, 0.717) is 12.2 Å². The summed E-state index contributed by atoms with van der Waals surface area (Å²) in [5, 5.41) is 7.58. The molecule has 2 aromatic carbocycles. The van der Waals surface area contributed by atoms with Crippen LogP contribution >= 0.6 is 0 Å². The van der Waals surface area contributed by atoms with Crippen molar-refractivity contribution in [2.24, 2.45) is 0 Å². The molecule has 1 N–H and O–H groups in total. The van der Waals surface area contributed by atoms with Gasteiger partial charge in [-0.15, -0.1) is 0 Å². The van der Waals surface area contributed by atoms with Crippen LogP contribution < -0.4 is 5.32 Å². The molecule has 3 aromatic rings. The fraction of sp³-hybridized carbons (Fsp3) is 0.167. The molecule has 1 heterocycles. The van der Waals surface area contributed by atoms with Gasteiger partial charge in [0, 0.05) is 28.5 Å². The van der Waals surface area contributed by atoms with Crippen LogP contribution in [0, 0.1) is 12.7 Å². The molecule has 3 rings (SSSR count). The first-order chi connectivity index (χ1) is 11.6. The summed E-state index contributed by atoms with van der Waals surface area (Å²) in [6.07, 6.45) is 3.35. The number of para-hydroxylation sites is 1. The van der Waals surface area contributed by atoms with E-state index in [1.807, 2.05) is 31.2 Å². The van der Waals surface area contributed by atoms with Crippen LogP contribution in [0.1, 0.15) is 11.3 Å². The van der Waals surface area contributed by atoms with E-state index >= 15 is 0 Å². The minimum Gasteiger partial charge on any atom is -0.378 e. The molecule has 4 nitrogen and oxygen atoms in total. The van der Waals surface area contributed by atoms with Gasteiger partial charge in [-0.25, -0.2) is 9.07 Å². The van der Waals surface area contributed by atoms with Crippen molar-refractivity contribution in [1.29, 1.82) is 0 Å². The molecule has 0 aliphatic heterocycles. The van der Waals surface area contributed by atoms with Gasteiger partial charge in [0.25, 0.3) is 0 Å². The van der Waals surface area contributed by atoms with Gasteiger partial charge in [-0.2, -0.15) is 5.10 Å². The molecule has 0 bridgehead atoms. The lowest BCUT2D eigenvalue weighted by Crippen LogP contribution is -2.04. The van der Waals surface area contributed by atoms with Crippen molar-refractivity contribution in [2.45, 2.75) is 18.4 Å². The number of rotatable bonds is 5. The molecule has 0 saturated carbocycles. The minimum atomic E-state index is -0.970. The van der Waals surface area contributed by atoms with Crippen molar-refractivity contribution in [2.75, 3.05) is 11.6 Å². The molecule has 6 heteroatoms. The largest absolute Gasteiger partial charge is 0.378 e. The summed E-state index contributed by atoms with van der Waals surface area (Å²) in [6.45, 7) is 2.51. The molecule has 0 unspecified atom stereocenters. The molecule has 0 saturated heterocycles. The first-order valence-corrected chi connectivity index (χ1v) is 9.08. The second-order valence-electron chi connectivity index (χ2n) is 5.46. The molecule has 0 fully saturated rings. The highest BCUT2D eigenvalue weighted by Gasteiger charge is 2.11. The lowest BCUT2D eigenvalue weighted by Gasteiger charge is -2.08. The Labute approximate surface area is 142 Å². The van der Waals surface area contributed by atoms with E-state index in [9.17, 15) is 8.60 Å². The highest BCUT2D eigenvalue weighted by Crippen LogP contribution is 2.21. The minimum absolute atomic E-state index is 0.307. The Balaban J connectivity index is 1.75. The quantitative estimate of drug-likeness (QED) is 0.769. The van der Waals surface area contributed by atoms with Gasteiger partial charge in [0.2, 0.25) is 0 Å². The van der Waals surface area contributed by atoms with E-state index in [4.69, 9.17) is 0 Å². The van der Waals surface area contributed by atoms with Crippen molar-refractivity contribution < 1.29 is 8.60 Å². The summed E-state index contributed by atoms with van der Waals surface area (Å²) < 4.78 is 26.9. The molecule has 0 aliphatic carbocycles. The maximum Gasteiger partial charge on any atom is 0.148 e. The maximum atomic E-state index is 13.9. The Bertz CT molecular complexity index is 874. The zero-order valence-corrected chi connectivity index (χ0v) is 14.3. The summed E-state index contributed by atoms with van der Waals surface area (Å²) in [6, 6.07) is 14.2. The number of hydrogen-bond acceptors (Lipinski definition) is 3. The average Bonchev–Trinajstić information content (AvgIpc) is 2.94. The lowest BCUT2D eigenvalue weighted by atomic mass is 10.2. The van der Waals surface area contributed by atoms with Crippen molar-refractivity contribution in [3.63, 3.8) is 0 Å². The number of benzene rings is 2. The number of anilines is 1. The van der Waals surface area contributed by atoms with E-state index in [1.54, 1.807) is 35.3 Å². The van der Waals surface area contributed by atoms with Crippen LogP contribution in [0.15, 0.2) is 59.6 Å². The van der Waals surface area contributed by atoms with Crippen LogP contribution in [0.5, 0.6) is 0 Å². The van der Waals surface area contributed by atoms with Gasteiger partial charge in [-0.3, -0.25) is 4.21 Å². The number of halogens is 1. The van der Waals surface area contributed by atoms with Crippen molar-refractivity contribution in [1.82, 2.24) is 9.78 Å². The van der Waals surface area contributed by atoms with Crippen LogP contribution in [0.4, 0.5) is 10.1 Å². The normalized spacial score (nSPS) is 12.1. The molecule has 124 valence electrons. The van der Waals surface area contributed by atoms with Gasteiger partial charge in [0.15, 0.2) is 0 Å². The fourth-order valence-corrected chi connectivity index (χ4v) is 2.97. The van der Waals surface area contributed by atoms with E-state index in [2.05, 4.69) is 10.4 Å². The van der Waals surface area contributed by atoms with Crippen LogP contribution in [0.25, 0.3) is 5.69 Å². The monoisotopic (exact) mass is 343 g/mol. The molecular formula is C18H18FN3OS. The molecule has 0 spiro atoms. The Morgan fingerprint density at radius 1 is 1.17 bits per heavy atom. The van der Waals surface area contributed by atoms with Gasteiger partial charge in [-0.1, -0.05) is 24.3 Å². The molecular weight excluding hydrogens is 325 g/mol. The third-order valence-corrected chi connectivity index (χ3v) is 4.76. The average molecular weight is 343 g/mol. The van der Waals surface area contributed by atoms with Crippen LogP contribution in [0.2, 0.25) is 0 Å². The van der Waals surface area contributed by atoms with Crippen molar-refractivity contribution >= 4 is 16.5 Å². The number of hydrogen-bond donors (Lipinski definition) is 1. The van der Waals surface area contributed by atoms with E-state index in [-0.39, 0.29) is 5.82 Å². The second kappa shape index (κ2) is 6.97. The molecule has 1 atom stereocenters. The number of aromatic nitrogens is 2. The third kappa shape index (κ3) is 3.38. The second-order valence-corrected chi connectivity index (χ2v) is 6.84. The van der Waals surface area contributed by atoms with Gasteiger partial charge >= 0.3 is 0 Å². The van der Waals surface area contributed by atoms with E-state index < -0.39 is 10.8 Å². The molecule has 0 aliphatic rings. The van der Waals surface area contributed by atoms with Crippen molar-refractivity contribution in [3.8, 4) is 5.69 Å².